The van der Waals surface area contributed by atoms with Gasteiger partial charge in [0.25, 0.3) is 0 Å². The number of methoxy groups -OCH3 is 1. The van der Waals surface area contributed by atoms with E-state index < -0.39 is 10.5 Å². The van der Waals surface area contributed by atoms with E-state index in [-0.39, 0.29) is 5.82 Å². The molecular weight excluding hydrogens is 336 g/mol. The molecule has 1 atom stereocenters. The summed E-state index contributed by atoms with van der Waals surface area (Å²) in [6, 6.07) is 10.3. The SMILES string of the molecule is COc1ccc(N(C)C2(C=O)CCN(C)c3ccc([N+](=O)[O-])nc32)cc1. The van der Waals surface area contributed by atoms with E-state index in [1.54, 1.807) is 32.4 Å². The van der Waals surface area contributed by atoms with Crippen LogP contribution < -0.4 is 14.5 Å². The molecule has 1 aliphatic heterocycles. The van der Waals surface area contributed by atoms with Gasteiger partial charge in [-0.2, -0.15) is 0 Å². The zero-order chi connectivity index (χ0) is 18.9. The molecule has 136 valence electrons. The Morgan fingerprint density at radius 3 is 2.58 bits per heavy atom. The van der Waals surface area contributed by atoms with E-state index in [0.29, 0.717) is 30.1 Å². The summed E-state index contributed by atoms with van der Waals surface area (Å²) in [5, 5.41) is 11.2. The highest BCUT2D eigenvalue weighted by molar-refractivity contribution is 5.79. The van der Waals surface area contributed by atoms with Crippen LogP contribution in [0.2, 0.25) is 0 Å². The van der Waals surface area contributed by atoms with E-state index in [0.717, 1.165) is 12.0 Å². The van der Waals surface area contributed by atoms with E-state index in [1.807, 2.05) is 29.0 Å². The molecule has 0 N–H and O–H groups in total. The summed E-state index contributed by atoms with van der Waals surface area (Å²) in [6.07, 6.45) is 1.30. The second-order valence-corrected chi connectivity index (χ2v) is 6.26. The summed E-state index contributed by atoms with van der Waals surface area (Å²) in [5.74, 6) is 0.438. The lowest BCUT2D eigenvalue weighted by molar-refractivity contribution is -0.389. The molecule has 0 radical (unpaired) electrons. The molecule has 0 bridgehead atoms. The Morgan fingerprint density at radius 1 is 1.31 bits per heavy atom. The Kier molecular flexibility index (Phi) is 4.50. The highest BCUT2D eigenvalue weighted by atomic mass is 16.6. The van der Waals surface area contributed by atoms with Crippen molar-refractivity contribution in [2.75, 3.05) is 37.5 Å². The number of hydrogen-bond acceptors (Lipinski definition) is 7. The fourth-order valence-corrected chi connectivity index (χ4v) is 3.30. The van der Waals surface area contributed by atoms with Crippen LogP contribution in [0.3, 0.4) is 0 Å². The summed E-state index contributed by atoms with van der Waals surface area (Å²) in [5.41, 5.74) is 0.826. The average molecular weight is 356 g/mol. The van der Waals surface area contributed by atoms with Crippen molar-refractivity contribution < 1.29 is 14.5 Å². The zero-order valence-electron chi connectivity index (χ0n) is 14.9. The first-order chi connectivity index (χ1) is 12.4. The van der Waals surface area contributed by atoms with Crippen molar-refractivity contribution in [2.45, 2.75) is 12.0 Å². The van der Waals surface area contributed by atoms with Crippen molar-refractivity contribution in [3.8, 4) is 5.75 Å². The molecule has 1 aromatic heterocycles. The third-order valence-electron chi connectivity index (χ3n) is 4.95. The Bertz CT molecular complexity index is 840. The number of fused-ring (bicyclic) bond motifs is 1. The molecule has 0 saturated heterocycles. The number of carbonyl (C=O) groups excluding carboxylic acids is 1. The predicted octanol–water partition coefficient (Wildman–Crippen LogP) is 2.37. The van der Waals surface area contributed by atoms with Crippen LogP contribution in [0.5, 0.6) is 5.75 Å². The van der Waals surface area contributed by atoms with Crippen LogP contribution in [0.25, 0.3) is 0 Å². The van der Waals surface area contributed by atoms with Gasteiger partial charge in [-0.05, 0) is 40.2 Å². The first-order valence-corrected chi connectivity index (χ1v) is 8.14. The predicted molar refractivity (Wildman–Crippen MR) is 97.9 cm³/mol. The lowest BCUT2D eigenvalue weighted by Gasteiger charge is -2.42. The standard InChI is InChI=1S/C18H20N4O4/c1-20-11-10-18(12-23,17-15(20)8-9-16(19-17)22(24)25)21(2)13-4-6-14(26-3)7-5-13/h4-9,12H,10-11H2,1-3H3. The van der Waals surface area contributed by atoms with Crippen LogP contribution in [0.1, 0.15) is 12.1 Å². The monoisotopic (exact) mass is 356 g/mol. The minimum absolute atomic E-state index is 0.270. The van der Waals surface area contributed by atoms with E-state index >= 15 is 0 Å². The zero-order valence-corrected chi connectivity index (χ0v) is 14.9. The Balaban J connectivity index is 2.14. The molecule has 2 heterocycles. The summed E-state index contributed by atoms with van der Waals surface area (Å²) in [6.45, 7) is 0.631. The number of rotatable bonds is 5. The molecule has 8 nitrogen and oxygen atoms in total. The van der Waals surface area contributed by atoms with Crippen LogP contribution in [0.4, 0.5) is 17.2 Å². The molecule has 0 aliphatic carbocycles. The molecule has 0 saturated carbocycles. The Hall–Kier alpha value is -3.16. The molecule has 1 unspecified atom stereocenters. The van der Waals surface area contributed by atoms with Gasteiger partial charge in [-0.25, -0.2) is 0 Å². The number of likely N-dealkylation sites (N-methyl/N-ethyl adjacent to an activating group) is 1. The van der Waals surface area contributed by atoms with Crippen LogP contribution in [-0.2, 0) is 10.3 Å². The van der Waals surface area contributed by atoms with Crippen LogP contribution in [0.15, 0.2) is 36.4 Å². The molecule has 3 rings (SSSR count). The largest absolute Gasteiger partial charge is 0.497 e. The number of nitrogens with zero attached hydrogens (tertiary/aromatic N) is 4. The Labute approximate surface area is 151 Å². The maximum absolute atomic E-state index is 12.3. The summed E-state index contributed by atoms with van der Waals surface area (Å²) in [4.78, 5) is 30.9. The number of carbonyl (C=O) groups is 1. The topological polar surface area (TPSA) is 88.8 Å². The van der Waals surface area contributed by atoms with Gasteiger partial charge in [0.15, 0.2) is 11.8 Å². The highest BCUT2D eigenvalue weighted by Crippen LogP contribution is 2.42. The molecule has 8 heteroatoms. The Morgan fingerprint density at radius 2 is 2.00 bits per heavy atom. The maximum Gasteiger partial charge on any atom is 0.363 e. The smallest absolute Gasteiger partial charge is 0.363 e. The van der Waals surface area contributed by atoms with E-state index in [4.69, 9.17) is 4.74 Å². The molecule has 26 heavy (non-hydrogen) atoms. The maximum atomic E-state index is 12.3. The quantitative estimate of drug-likeness (QED) is 0.461. The first-order valence-electron chi connectivity index (χ1n) is 8.14. The number of pyridine rings is 1. The van der Waals surface area contributed by atoms with Crippen molar-refractivity contribution in [3.05, 3.63) is 52.2 Å². The van der Waals surface area contributed by atoms with Gasteiger partial charge < -0.3 is 29.4 Å². The summed E-state index contributed by atoms with van der Waals surface area (Å²) < 4.78 is 5.18. The third-order valence-corrected chi connectivity index (χ3v) is 4.95. The summed E-state index contributed by atoms with van der Waals surface area (Å²) >= 11 is 0. The van der Waals surface area contributed by atoms with Gasteiger partial charge >= 0.3 is 5.82 Å². The van der Waals surface area contributed by atoms with Gasteiger partial charge in [-0.1, -0.05) is 0 Å². The second kappa shape index (κ2) is 6.62. The van der Waals surface area contributed by atoms with Crippen molar-refractivity contribution in [1.29, 1.82) is 0 Å². The number of benzene rings is 1. The van der Waals surface area contributed by atoms with Crippen molar-refractivity contribution in [2.24, 2.45) is 0 Å². The van der Waals surface area contributed by atoms with Gasteiger partial charge in [0.2, 0.25) is 5.69 Å². The van der Waals surface area contributed by atoms with Gasteiger partial charge in [-0.15, -0.1) is 0 Å². The lowest BCUT2D eigenvalue weighted by atomic mass is 9.85. The third kappa shape index (κ3) is 2.73. The van der Waals surface area contributed by atoms with Gasteiger partial charge in [-0.3, -0.25) is 0 Å². The number of hydrogen-bond donors (Lipinski definition) is 0. The minimum Gasteiger partial charge on any atom is -0.497 e. The normalized spacial score (nSPS) is 18.8. The lowest BCUT2D eigenvalue weighted by Crippen LogP contribution is -2.51. The molecule has 1 aliphatic rings. The minimum atomic E-state index is -1.08. The fraction of sp³-hybridized carbons (Fsp3) is 0.333. The van der Waals surface area contributed by atoms with Crippen LogP contribution >= 0.6 is 0 Å². The molecule has 0 spiro atoms. The summed E-state index contributed by atoms with van der Waals surface area (Å²) in [7, 11) is 5.27. The molecule has 0 fully saturated rings. The van der Waals surface area contributed by atoms with Crippen molar-refractivity contribution >= 4 is 23.5 Å². The van der Waals surface area contributed by atoms with E-state index in [9.17, 15) is 14.9 Å². The van der Waals surface area contributed by atoms with Gasteiger partial charge in [0.05, 0.1) is 12.8 Å². The number of aromatic nitrogens is 1. The molecular formula is C18H20N4O4. The molecule has 2 aromatic rings. The van der Waals surface area contributed by atoms with Crippen LogP contribution in [0, 0.1) is 10.1 Å². The second-order valence-electron chi connectivity index (χ2n) is 6.26. The van der Waals surface area contributed by atoms with E-state index in [2.05, 4.69) is 4.98 Å². The average Bonchev–Trinajstić information content (AvgIpc) is 2.68. The number of ether oxygens (including phenoxy) is 1. The van der Waals surface area contributed by atoms with Crippen LogP contribution in [-0.4, -0.2) is 43.9 Å². The number of nitro groups is 1. The van der Waals surface area contributed by atoms with E-state index in [1.165, 1.54) is 6.07 Å². The fourth-order valence-electron chi connectivity index (χ4n) is 3.30. The van der Waals surface area contributed by atoms with Gasteiger partial charge in [0.1, 0.15) is 5.75 Å². The number of aldehydes is 1. The van der Waals surface area contributed by atoms with Crippen molar-refractivity contribution in [3.63, 3.8) is 0 Å². The first kappa shape index (κ1) is 17.7. The number of anilines is 2. The molecule has 1 aromatic carbocycles. The highest BCUT2D eigenvalue weighted by Gasteiger charge is 2.47. The van der Waals surface area contributed by atoms with Crippen molar-refractivity contribution in [1.82, 2.24) is 4.98 Å². The molecule has 0 amide bonds. The van der Waals surface area contributed by atoms with Gasteiger partial charge in [0, 0.05) is 38.8 Å².